The van der Waals surface area contributed by atoms with E-state index in [0.717, 1.165) is 32.5 Å². The monoisotopic (exact) mass is 381 g/mol. The Kier molecular flexibility index (Phi) is 5.84. The zero-order valence-corrected chi connectivity index (χ0v) is 16.0. The Balaban J connectivity index is 0.00000210. The summed E-state index contributed by atoms with van der Waals surface area (Å²) in [5.74, 6) is 0.478. The quantitative estimate of drug-likeness (QED) is 0.885. The Morgan fingerprint density at radius 1 is 1.07 bits per heavy atom. The van der Waals surface area contributed by atoms with Gasteiger partial charge in [0, 0.05) is 19.0 Å². The second-order valence-corrected chi connectivity index (χ2v) is 7.36. The molecule has 2 aliphatic heterocycles. The van der Waals surface area contributed by atoms with Gasteiger partial charge in [0.15, 0.2) is 0 Å². The van der Waals surface area contributed by atoms with Crippen molar-refractivity contribution in [3.63, 3.8) is 0 Å². The number of rotatable bonds is 3. The molecule has 5 heteroatoms. The molecule has 2 fully saturated rings. The van der Waals surface area contributed by atoms with Gasteiger partial charge >= 0.3 is 0 Å². The summed E-state index contributed by atoms with van der Waals surface area (Å²) in [5, 5.41) is 12.5. The Morgan fingerprint density at radius 3 is 2.37 bits per heavy atom. The average molecular weight is 382 g/mol. The molecule has 27 heavy (non-hydrogen) atoms. The maximum absolute atomic E-state index is 13.4. The van der Waals surface area contributed by atoms with E-state index in [-0.39, 0.29) is 29.6 Å². The molecule has 2 aromatic rings. The molecule has 140 valence electrons. The van der Waals surface area contributed by atoms with Gasteiger partial charge in [-0.3, -0.25) is 4.79 Å². The van der Waals surface area contributed by atoms with Crippen LogP contribution in [0.3, 0.4) is 0 Å². The van der Waals surface area contributed by atoms with E-state index in [1.165, 1.54) is 11.1 Å². The molecule has 0 aliphatic carbocycles. The molecule has 2 aromatic carbocycles. The number of halogens is 1. The van der Waals surface area contributed by atoms with Crippen molar-refractivity contribution in [2.24, 2.45) is 5.41 Å². The van der Waals surface area contributed by atoms with Gasteiger partial charge < -0.3 is 10.2 Å². The molecule has 0 saturated carbocycles. The van der Waals surface area contributed by atoms with Crippen LogP contribution in [0.5, 0.6) is 0 Å². The van der Waals surface area contributed by atoms with E-state index >= 15 is 0 Å². The molecule has 4 rings (SSSR count). The first-order valence-electron chi connectivity index (χ1n) is 9.27. The highest BCUT2D eigenvalue weighted by Gasteiger charge is 2.54. The average Bonchev–Trinajstić information content (AvgIpc) is 2.95. The minimum Gasteiger partial charge on any atom is -0.337 e. The molecule has 1 spiro atoms. The van der Waals surface area contributed by atoms with Gasteiger partial charge in [0.2, 0.25) is 5.91 Å². The number of carbonyl (C=O) groups excluding carboxylic acids is 1. The van der Waals surface area contributed by atoms with Crippen molar-refractivity contribution in [2.75, 3.05) is 19.6 Å². The standard InChI is InChI=1S/C22H23N3O.ClH/c23-14-17-6-8-19(9-7-17)20-16-25(15-18-4-2-1-3-5-18)21(26)22(20)10-12-24-13-11-22;/h1-9,20,24H,10-13,15-16H2;1H. The predicted molar refractivity (Wildman–Crippen MR) is 108 cm³/mol. The van der Waals surface area contributed by atoms with Crippen LogP contribution in [0.1, 0.15) is 35.4 Å². The molecular weight excluding hydrogens is 358 g/mol. The van der Waals surface area contributed by atoms with Gasteiger partial charge in [-0.15, -0.1) is 12.4 Å². The predicted octanol–water partition coefficient (Wildman–Crippen LogP) is 3.48. The van der Waals surface area contributed by atoms with Crippen LogP contribution in [0, 0.1) is 16.7 Å². The fourth-order valence-corrected chi connectivity index (χ4v) is 4.53. The van der Waals surface area contributed by atoms with Gasteiger partial charge in [0.25, 0.3) is 0 Å². The summed E-state index contributed by atoms with van der Waals surface area (Å²) in [6.07, 6.45) is 1.75. The fourth-order valence-electron chi connectivity index (χ4n) is 4.53. The fraction of sp³-hybridized carbons (Fsp3) is 0.364. The molecule has 2 aliphatic rings. The molecule has 0 bridgehead atoms. The first-order valence-corrected chi connectivity index (χ1v) is 9.27. The lowest BCUT2D eigenvalue weighted by Crippen LogP contribution is -2.44. The van der Waals surface area contributed by atoms with Crippen LogP contribution in [0.15, 0.2) is 54.6 Å². The third kappa shape index (κ3) is 3.58. The molecule has 1 unspecified atom stereocenters. The van der Waals surface area contributed by atoms with Crippen LogP contribution in [0.25, 0.3) is 0 Å². The molecule has 1 amide bonds. The maximum Gasteiger partial charge on any atom is 0.229 e. The van der Waals surface area contributed by atoms with E-state index in [4.69, 9.17) is 5.26 Å². The number of nitrogens with zero attached hydrogens (tertiary/aromatic N) is 2. The van der Waals surface area contributed by atoms with Gasteiger partial charge in [-0.1, -0.05) is 42.5 Å². The van der Waals surface area contributed by atoms with Crippen molar-refractivity contribution in [2.45, 2.75) is 25.3 Å². The molecule has 4 nitrogen and oxygen atoms in total. The maximum atomic E-state index is 13.4. The zero-order chi connectivity index (χ0) is 18.0. The second-order valence-electron chi connectivity index (χ2n) is 7.36. The number of likely N-dealkylation sites (tertiary alicyclic amines) is 1. The Morgan fingerprint density at radius 2 is 1.74 bits per heavy atom. The summed E-state index contributed by atoms with van der Waals surface area (Å²) < 4.78 is 0. The largest absolute Gasteiger partial charge is 0.337 e. The van der Waals surface area contributed by atoms with Gasteiger partial charge in [0.05, 0.1) is 17.0 Å². The van der Waals surface area contributed by atoms with E-state index < -0.39 is 0 Å². The third-order valence-electron chi connectivity index (χ3n) is 5.94. The van der Waals surface area contributed by atoms with E-state index in [2.05, 4.69) is 23.5 Å². The zero-order valence-electron chi connectivity index (χ0n) is 15.2. The van der Waals surface area contributed by atoms with Crippen molar-refractivity contribution < 1.29 is 4.79 Å². The highest BCUT2D eigenvalue weighted by Crippen LogP contribution is 2.50. The van der Waals surface area contributed by atoms with E-state index in [1.807, 2.05) is 47.4 Å². The van der Waals surface area contributed by atoms with Crippen LogP contribution < -0.4 is 5.32 Å². The van der Waals surface area contributed by atoms with Gasteiger partial charge in [-0.05, 0) is 49.2 Å². The number of hydrogen-bond acceptors (Lipinski definition) is 3. The Labute approximate surface area is 166 Å². The number of carbonyl (C=O) groups is 1. The first-order chi connectivity index (χ1) is 12.7. The van der Waals surface area contributed by atoms with Crippen LogP contribution in [-0.4, -0.2) is 30.4 Å². The lowest BCUT2D eigenvalue weighted by Gasteiger charge is -2.36. The van der Waals surface area contributed by atoms with Gasteiger partial charge in [-0.25, -0.2) is 0 Å². The van der Waals surface area contributed by atoms with Crippen molar-refractivity contribution in [3.8, 4) is 6.07 Å². The molecule has 1 atom stereocenters. The van der Waals surface area contributed by atoms with Crippen molar-refractivity contribution in [1.82, 2.24) is 10.2 Å². The molecule has 1 N–H and O–H groups in total. The van der Waals surface area contributed by atoms with Crippen LogP contribution in [-0.2, 0) is 11.3 Å². The number of piperidine rings is 1. The summed E-state index contributed by atoms with van der Waals surface area (Å²) in [6.45, 7) is 3.19. The molecule has 0 radical (unpaired) electrons. The summed E-state index contributed by atoms with van der Waals surface area (Å²) in [4.78, 5) is 15.5. The summed E-state index contributed by atoms with van der Waals surface area (Å²) in [6, 6.07) is 20.2. The smallest absolute Gasteiger partial charge is 0.229 e. The molecule has 2 saturated heterocycles. The van der Waals surface area contributed by atoms with E-state index in [9.17, 15) is 4.79 Å². The molecular formula is C22H24ClN3O. The number of benzene rings is 2. The Hall–Kier alpha value is -2.35. The third-order valence-corrected chi connectivity index (χ3v) is 5.94. The number of nitriles is 1. The van der Waals surface area contributed by atoms with Crippen LogP contribution in [0.4, 0.5) is 0 Å². The molecule has 0 aromatic heterocycles. The van der Waals surface area contributed by atoms with Crippen molar-refractivity contribution >= 4 is 18.3 Å². The SMILES string of the molecule is Cl.N#Cc1ccc(C2CN(Cc3ccccc3)C(=O)C23CCNCC3)cc1. The summed E-state index contributed by atoms with van der Waals surface area (Å²) >= 11 is 0. The van der Waals surface area contributed by atoms with E-state index in [1.54, 1.807) is 0 Å². The first kappa shape index (κ1) is 19.4. The number of nitrogens with one attached hydrogen (secondary N) is 1. The van der Waals surface area contributed by atoms with E-state index in [0.29, 0.717) is 12.1 Å². The van der Waals surface area contributed by atoms with Crippen LogP contribution >= 0.6 is 12.4 Å². The minimum atomic E-state index is -0.311. The van der Waals surface area contributed by atoms with Crippen LogP contribution in [0.2, 0.25) is 0 Å². The van der Waals surface area contributed by atoms with Gasteiger partial charge in [-0.2, -0.15) is 5.26 Å². The normalized spacial score (nSPS) is 20.9. The minimum absolute atomic E-state index is 0. The lowest BCUT2D eigenvalue weighted by molar-refractivity contribution is -0.138. The van der Waals surface area contributed by atoms with Crippen molar-refractivity contribution in [1.29, 1.82) is 5.26 Å². The number of hydrogen-bond donors (Lipinski definition) is 1. The van der Waals surface area contributed by atoms with Gasteiger partial charge in [0.1, 0.15) is 0 Å². The van der Waals surface area contributed by atoms with Crippen molar-refractivity contribution in [3.05, 3.63) is 71.3 Å². The topological polar surface area (TPSA) is 56.1 Å². The summed E-state index contributed by atoms with van der Waals surface area (Å²) in [7, 11) is 0. The number of amides is 1. The Bertz CT molecular complexity index is 823. The molecule has 2 heterocycles. The lowest BCUT2D eigenvalue weighted by atomic mass is 9.68. The highest BCUT2D eigenvalue weighted by molar-refractivity contribution is 5.87. The summed E-state index contributed by atoms with van der Waals surface area (Å²) in [5.41, 5.74) is 2.70. The second kappa shape index (κ2) is 8.12. The highest BCUT2D eigenvalue weighted by atomic mass is 35.5.